The zero-order valence-corrected chi connectivity index (χ0v) is 19.8. The van der Waals surface area contributed by atoms with E-state index in [0.29, 0.717) is 22.6 Å². The van der Waals surface area contributed by atoms with Crippen molar-refractivity contribution < 1.29 is 44.9 Å². The molecule has 182 valence electrons. The van der Waals surface area contributed by atoms with Gasteiger partial charge in [0.2, 0.25) is 0 Å². The lowest BCUT2D eigenvalue weighted by Gasteiger charge is -2.12. The highest BCUT2D eigenvalue weighted by Crippen LogP contribution is 2.34. The van der Waals surface area contributed by atoms with Gasteiger partial charge in [0.05, 0.1) is 41.4 Å². The average molecular weight is 524 g/mol. The first-order chi connectivity index (χ1) is 15.6. The first-order valence-electron chi connectivity index (χ1n) is 8.94. The minimum atomic E-state index is -4.22. The van der Waals surface area contributed by atoms with Crippen molar-refractivity contribution in [3.8, 4) is 5.75 Å². The Morgan fingerprint density at radius 3 is 2.39 bits per heavy atom. The molecule has 0 aromatic heterocycles. The number of hydrogen-bond donors (Lipinski definition) is 3. The van der Waals surface area contributed by atoms with Crippen molar-refractivity contribution in [1.29, 1.82) is 0 Å². The largest absolute Gasteiger partial charge is 0.495 e. The van der Waals surface area contributed by atoms with E-state index >= 15 is 0 Å². The molecule has 13 nitrogen and oxygen atoms in total. The van der Waals surface area contributed by atoms with E-state index in [1.165, 1.54) is 37.4 Å². The second kappa shape index (κ2) is 12.2. The van der Waals surface area contributed by atoms with Crippen LogP contribution in [-0.4, -0.2) is 52.0 Å². The number of nitrogens with zero attached hydrogens (tertiary/aromatic N) is 2. The smallest absolute Gasteiger partial charge is 0.283 e. The number of nitrogens with one attached hydrogen (secondary N) is 1. The highest BCUT2D eigenvalue weighted by Gasteiger charge is 2.15. The quantitative estimate of drug-likeness (QED) is 0.0869. The van der Waals surface area contributed by atoms with Crippen molar-refractivity contribution in [3.05, 3.63) is 42.0 Å². The van der Waals surface area contributed by atoms with E-state index in [1.54, 1.807) is 13.0 Å². The summed E-state index contributed by atoms with van der Waals surface area (Å²) >= 11 is 0.289. The Bertz CT molecular complexity index is 1170. The molecule has 0 fully saturated rings. The molecule has 0 heterocycles. The van der Waals surface area contributed by atoms with Crippen molar-refractivity contribution in [1.82, 2.24) is 0 Å². The molecule has 0 saturated heterocycles. The summed E-state index contributed by atoms with van der Waals surface area (Å²) < 4.78 is 69.3. The zero-order valence-electron chi connectivity index (χ0n) is 17.4. The van der Waals surface area contributed by atoms with Crippen LogP contribution in [0.25, 0.3) is 0 Å². The number of aryl methyl sites for hydroxylation is 1. The molecule has 0 aliphatic rings. The van der Waals surface area contributed by atoms with Gasteiger partial charge in [0.1, 0.15) is 11.6 Å². The van der Waals surface area contributed by atoms with Gasteiger partial charge in [-0.1, -0.05) is 5.04 Å². The van der Waals surface area contributed by atoms with Gasteiger partial charge in [-0.05, 0) is 42.8 Å². The normalized spacial score (nSPS) is 12.2. The van der Waals surface area contributed by atoms with Gasteiger partial charge in [0, 0.05) is 6.07 Å². The summed E-state index contributed by atoms with van der Waals surface area (Å²) in [6, 6.07) is 8.83. The SMILES string of the molecule is COc1cc(/N=N/c2ccc(S(=O)(=O)CCOSOOO)cc2)c(C)cc1NCS(=O)(=O)O. The van der Waals surface area contributed by atoms with Gasteiger partial charge in [0.25, 0.3) is 10.1 Å². The number of rotatable bonds is 13. The van der Waals surface area contributed by atoms with Crippen LogP contribution in [0.4, 0.5) is 17.1 Å². The molecule has 2 aromatic carbocycles. The molecular weight excluding hydrogens is 502 g/mol. The van der Waals surface area contributed by atoms with Crippen LogP contribution in [0.1, 0.15) is 5.56 Å². The monoisotopic (exact) mass is 523 g/mol. The molecule has 2 aromatic rings. The van der Waals surface area contributed by atoms with Crippen LogP contribution in [0, 0.1) is 6.92 Å². The Kier molecular flexibility index (Phi) is 9.99. The fraction of sp³-hybridized carbons (Fsp3) is 0.294. The molecule has 0 bridgehead atoms. The van der Waals surface area contributed by atoms with Gasteiger partial charge in [-0.3, -0.25) is 8.74 Å². The van der Waals surface area contributed by atoms with E-state index in [2.05, 4.69) is 24.9 Å². The Morgan fingerprint density at radius 2 is 1.79 bits per heavy atom. The van der Waals surface area contributed by atoms with Gasteiger partial charge < -0.3 is 10.1 Å². The third-order valence-electron chi connectivity index (χ3n) is 3.97. The van der Waals surface area contributed by atoms with Crippen LogP contribution in [0.2, 0.25) is 0 Å². The van der Waals surface area contributed by atoms with Crippen LogP contribution in [0.15, 0.2) is 51.5 Å². The van der Waals surface area contributed by atoms with E-state index < -0.39 is 25.8 Å². The van der Waals surface area contributed by atoms with E-state index in [9.17, 15) is 16.8 Å². The summed E-state index contributed by atoms with van der Waals surface area (Å²) in [6.45, 7) is 1.52. The number of hydrogen-bond acceptors (Lipinski definition) is 13. The first-order valence-corrected chi connectivity index (χ1v) is 12.9. The molecule has 0 radical (unpaired) electrons. The number of benzene rings is 2. The third-order valence-corrected chi connectivity index (χ3v) is 6.56. The number of methoxy groups -OCH3 is 1. The summed E-state index contributed by atoms with van der Waals surface area (Å²) in [5.74, 6) is -0.725. The fourth-order valence-electron chi connectivity index (χ4n) is 2.42. The maximum atomic E-state index is 12.3. The van der Waals surface area contributed by atoms with Crippen LogP contribution in [0.3, 0.4) is 0 Å². The molecule has 2 rings (SSSR count). The van der Waals surface area contributed by atoms with Crippen LogP contribution >= 0.6 is 12.3 Å². The molecule has 0 saturated carbocycles. The van der Waals surface area contributed by atoms with Crippen molar-refractivity contribution >= 4 is 49.3 Å². The van der Waals surface area contributed by atoms with Gasteiger partial charge >= 0.3 is 0 Å². The Balaban J connectivity index is 2.10. The lowest BCUT2D eigenvalue weighted by molar-refractivity contribution is -0.434. The minimum Gasteiger partial charge on any atom is -0.495 e. The molecule has 0 spiro atoms. The van der Waals surface area contributed by atoms with Gasteiger partial charge in [-0.2, -0.15) is 18.6 Å². The molecule has 0 aliphatic carbocycles. The molecule has 3 N–H and O–H groups in total. The van der Waals surface area contributed by atoms with E-state index in [4.69, 9.17) is 18.7 Å². The summed E-state index contributed by atoms with van der Waals surface area (Å²) in [5.41, 5.74) is 1.81. The van der Waals surface area contributed by atoms with Gasteiger partial charge in [0.15, 0.2) is 22.2 Å². The van der Waals surface area contributed by atoms with Crippen LogP contribution < -0.4 is 10.1 Å². The molecule has 33 heavy (non-hydrogen) atoms. The van der Waals surface area contributed by atoms with E-state index in [0.717, 1.165) is 0 Å². The maximum Gasteiger partial charge on any atom is 0.283 e. The average Bonchev–Trinajstić information content (AvgIpc) is 2.76. The zero-order chi connectivity index (χ0) is 24.5. The molecule has 0 atom stereocenters. The molecule has 0 unspecified atom stereocenters. The standard InChI is InChI=1S/C17H21N3O10S3/c1-12-9-16(18-11-33(24,25)26)17(27-2)10-15(12)20-19-13-3-5-14(6-4-13)32(22,23)8-7-28-31-30-29-21/h3-6,9-10,18,21H,7-8,11H2,1-2H3,(H,24,25,26)/b20-19+. The molecule has 0 amide bonds. The predicted octanol–water partition coefficient (Wildman–Crippen LogP) is 3.45. The topological polar surface area (TPSA) is 182 Å². The van der Waals surface area contributed by atoms with Gasteiger partial charge in [-0.15, -0.1) is 4.33 Å². The third kappa shape index (κ3) is 8.86. The highest BCUT2D eigenvalue weighted by atomic mass is 32.2. The number of sulfone groups is 1. The number of azo groups is 1. The summed E-state index contributed by atoms with van der Waals surface area (Å²) in [7, 11) is -6.45. The van der Waals surface area contributed by atoms with Crippen LogP contribution in [0.5, 0.6) is 5.75 Å². The van der Waals surface area contributed by atoms with E-state index in [1.807, 2.05) is 0 Å². The van der Waals surface area contributed by atoms with E-state index in [-0.39, 0.29) is 35.3 Å². The Hall–Kier alpha value is -2.31. The van der Waals surface area contributed by atoms with Crippen molar-refractivity contribution in [3.63, 3.8) is 0 Å². The summed E-state index contributed by atoms with van der Waals surface area (Å²) in [5, 5.41) is 22.0. The maximum absolute atomic E-state index is 12.3. The minimum absolute atomic E-state index is 0.0569. The first kappa shape index (κ1) is 26.9. The Labute approximate surface area is 194 Å². The summed E-state index contributed by atoms with van der Waals surface area (Å²) in [6.07, 6.45) is 0. The summed E-state index contributed by atoms with van der Waals surface area (Å²) in [4.78, 5) is 0.0569. The second-order valence-corrected chi connectivity index (χ2v) is 10.4. The number of anilines is 1. The van der Waals surface area contributed by atoms with Crippen molar-refractivity contribution in [2.45, 2.75) is 11.8 Å². The lowest BCUT2D eigenvalue weighted by atomic mass is 10.1. The number of ether oxygens (including phenoxy) is 1. The van der Waals surface area contributed by atoms with Crippen molar-refractivity contribution in [2.24, 2.45) is 10.2 Å². The molecular formula is C17H21N3O10S3. The predicted molar refractivity (Wildman–Crippen MR) is 119 cm³/mol. The lowest BCUT2D eigenvalue weighted by Crippen LogP contribution is -2.13. The highest BCUT2D eigenvalue weighted by molar-refractivity contribution is 7.91. The molecule has 0 aliphatic heterocycles. The fourth-order valence-corrected chi connectivity index (χ4v) is 4.17. The second-order valence-electron chi connectivity index (χ2n) is 6.29. The van der Waals surface area contributed by atoms with Crippen LogP contribution in [-0.2, 0) is 33.5 Å². The van der Waals surface area contributed by atoms with Gasteiger partial charge in [-0.25, -0.2) is 13.7 Å². The van der Waals surface area contributed by atoms with Crippen molar-refractivity contribution in [2.75, 3.05) is 30.7 Å². The molecule has 16 heteroatoms. The Morgan fingerprint density at radius 1 is 1.09 bits per heavy atom.